The summed E-state index contributed by atoms with van der Waals surface area (Å²) in [5.41, 5.74) is 5.77. The minimum absolute atomic E-state index is 0.138. The average Bonchev–Trinajstić information content (AvgIpc) is 2.33. The Morgan fingerprint density at radius 2 is 1.94 bits per heavy atom. The van der Waals surface area contributed by atoms with Crippen LogP contribution in [0.3, 0.4) is 0 Å². The third kappa shape index (κ3) is 7.63. The number of nitrogens with one attached hydrogen (secondary N) is 1. The zero-order chi connectivity index (χ0) is 14.1. The summed E-state index contributed by atoms with van der Waals surface area (Å²) in [4.78, 5) is 11.6. The van der Waals surface area contributed by atoms with Crippen LogP contribution in [0.15, 0.2) is 0 Å². The molecule has 5 heteroatoms. The lowest BCUT2D eigenvalue weighted by Gasteiger charge is -2.19. The monoisotopic (exact) mass is 260 g/mol. The van der Waals surface area contributed by atoms with Crippen LogP contribution in [0.5, 0.6) is 0 Å². The highest BCUT2D eigenvalue weighted by molar-refractivity contribution is 5.81. The third-order valence-electron chi connectivity index (χ3n) is 2.83. The number of rotatable bonds is 9. The van der Waals surface area contributed by atoms with Gasteiger partial charge < -0.3 is 20.9 Å². The molecule has 0 aromatic heterocycles. The molecule has 108 valence electrons. The molecule has 0 aliphatic heterocycles. The summed E-state index contributed by atoms with van der Waals surface area (Å²) in [6, 6.07) is -0.515. The van der Waals surface area contributed by atoms with Crippen LogP contribution in [0, 0.1) is 11.8 Å². The highest BCUT2D eigenvalue weighted by atomic mass is 16.5. The van der Waals surface area contributed by atoms with Gasteiger partial charge in [-0.25, -0.2) is 0 Å². The van der Waals surface area contributed by atoms with Crippen molar-refractivity contribution in [3.05, 3.63) is 0 Å². The van der Waals surface area contributed by atoms with Gasteiger partial charge in [0.2, 0.25) is 5.91 Å². The van der Waals surface area contributed by atoms with E-state index in [-0.39, 0.29) is 25.0 Å². The number of amides is 1. The maximum atomic E-state index is 11.6. The second-order valence-corrected chi connectivity index (χ2v) is 5.24. The highest BCUT2D eigenvalue weighted by Crippen LogP contribution is 2.04. The van der Waals surface area contributed by atoms with Crippen LogP contribution >= 0.6 is 0 Å². The minimum Gasteiger partial charge on any atom is -0.389 e. The first-order valence-corrected chi connectivity index (χ1v) is 6.67. The van der Waals surface area contributed by atoms with Crippen molar-refractivity contribution in [3.63, 3.8) is 0 Å². The quantitative estimate of drug-likeness (QED) is 0.564. The number of carbonyl (C=O) groups excluding carboxylic acids is 1. The number of ether oxygens (including phenoxy) is 1. The summed E-state index contributed by atoms with van der Waals surface area (Å²) in [5, 5.41) is 12.2. The normalized spacial score (nSPS) is 16.4. The van der Waals surface area contributed by atoms with Gasteiger partial charge in [0.1, 0.15) is 0 Å². The largest absolute Gasteiger partial charge is 0.389 e. The molecule has 0 spiro atoms. The van der Waals surface area contributed by atoms with E-state index >= 15 is 0 Å². The van der Waals surface area contributed by atoms with Gasteiger partial charge in [-0.1, -0.05) is 34.1 Å². The second kappa shape index (κ2) is 9.30. The van der Waals surface area contributed by atoms with Crippen LogP contribution < -0.4 is 11.1 Å². The average molecular weight is 260 g/mol. The Morgan fingerprint density at radius 3 is 2.44 bits per heavy atom. The fourth-order valence-electron chi connectivity index (χ4n) is 1.35. The first-order chi connectivity index (χ1) is 8.38. The van der Waals surface area contributed by atoms with E-state index in [9.17, 15) is 9.90 Å². The predicted octanol–water partition coefficient (Wildman–Crippen LogP) is 0.510. The first kappa shape index (κ1) is 17.4. The van der Waals surface area contributed by atoms with E-state index in [1.807, 2.05) is 27.7 Å². The van der Waals surface area contributed by atoms with Gasteiger partial charge in [0.25, 0.3) is 0 Å². The van der Waals surface area contributed by atoms with Gasteiger partial charge in [-0.3, -0.25) is 4.79 Å². The number of nitrogens with two attached hydrogens (primary N) is 1. The smallest absolute Gasteiger partial charge is 0.237 e. The fourth-order valence-corrected chi connectivity index (χ4v) is 1.35. The van der Waals surface area contributed by atoms with Gasteiger partial charge in [0.15, 0.2) is 0 Å². The molecule has 3 atom stereocenters. The highest BCUT2D eigenvalue weighted by Gasteiger charge is 2.19. The van der Waals surface area contributed by atoms with E-state index in [2.05, 4.69) is 5.32 Å². The van der Waals surface area contributed by atoms with Crippen LogP contribution in [-0.2, 0) is 9.53 Å². The Kier molecular flexibility index (Phi) is 8.97. The maximum Gasteiger partial charge on any atom is 0.237 e. The Balaban J connectivity index is 3.77. The van der Waals surface area contributed by atoms with Crippen LogP contribution in [0.2, 0.25) is 0 Å². The number of carbonyl (C=O) groups is 1. The van der Waals surface area contributed by atoms with Crippen molar-refractivity contribution >= 4 is 5.91 Å². The summed E-state index contributed by atoms with van der Waals surface area (Å²) in [6.45, 7) is 9.03. The predicted molar refractivity (Wildman–Crippen MR) is 72.1 cm³/mol. The van der Waals surface area contributed by atoms with Gasteiger partial charge in [0, 0.05) is 13.2 Å². The molecule has 0 saturated carbocycles. The Morgan fingerprint density at radius 1 is 1.33 bits per heavy atom. The molecular weight excluding hydrogens is 232 g/mol. The van der Waals surface area contributed by atoms with Crippen molar-refractivity contribution in [1.82, 2.24) is 5.32 Å². The summed E-state index contributed by atoms with van der Waals surface area (Å²) in [7, 11) is 0. The molecule has 0 aliphatic rings. The van der Waals surface area contributed by atoms with E-state index < -0.39 is 12.1 Å². The summed E-state index contributed by atoms with van der Waals surface area (Å²) in [6.07, 6.45) is 0.172. The summed E-state index contributed by atoms with van der Waals surface area (Å²) < 4.78 is 5.29. The van der Waals surface area contributed by atoms with E-state index in [1.165, 1.54) is 0 Å². The van der Waals surface area contributed by atoms with Crippen molar-refractivity contribution in [2.24, 2.45) is 17.6 Å². The van der Waals surface area contributed by atoms with Crippen LogP contribution in [-0.4, -0.2) is 42.9 Å². The first-order valence-electron chi connectivity index (χ1n) is 6.67. The van der Waals surface area contributed by atoms with Crippen LogP contribution in [0.25, 0.3) is 0 Å². The van der Waals surface area contributed by atoms with Gasteiger partial charge in [-0.2, -0.15) is 0 Å². The van der Waals surface area contributed by atoms with E-state index in [4.69, 9.17) is 10.5 Å². The van der Waals surface area contributed by atoms with Gasteiger partial charge in [-0.15, -0.1) is 0 Å². The number of aliphatic hydroxyl groups is 1. The molecular formula is C13H28N2O3. The molecule has 5 nitrogen and oxygen atoms in total. The molecule has 3 unspecified atom stereocenters. The van der Waals surface area contributed by atoms with Crippen LogP contribution in [0.4, 0.5) is 0 Å². The molecule has 0 bridgehead atoms. The lowest BCUT2D eigenvalue weighted by atomic mass is 9.99. The zero-order valence-corrected chi connectivity index (χ0v) is 12.0. The second-order valence-electron chi connectivity index (χ2n) is 5.24. The molecule has 1 amide bonds. The molecule has 0 saturated heterocycles. The minimum atomic E-state index is -0.683. The lowest BCUT2D eigenvalue weighted by molar-refractivity contribution is -0.124. The Labute approximate surface area is 110 Å². The topological polar surface area (TPSA) is 84.6 Å². The van der Waals surface area contributed by atoms with E-state index in [0.29, 0.717) is 12.5 Å². The number of hydrogen-bond acceptors (Lipinski definition) is 4. The molecule has 18 heavy (non-hydrogen) atoms. The number of aliphatic hydroxyl groups excluding tert-OH is 1. The molecule has 0 aliphatic carbocycles. The van der Waals surface area contributed by atoms with Crippen molar-refractivity contribution < 1.29 is 14.6 Å². The van der Waals surface area contributed by atoms with Gasteiger partial charge in [0.05, 0.1) is 18.8 Å². The summed E-state index contributed by atoms with van der Waals surface area (Å²) >= 11 is 0. The van der Waals surface area contributed by atoms with Crippen molar-refractivity contribution in [2.45, 2.75) is 46.3 Å². The third-order valence-corrected chi connectivity index (χ3v) is 2.83. The summed E-state index contributed by atoms with van der Waals surface area (Å²) in [5.74, 6) is 0.359. The molecule has 0 aromatic rings. The van der Waals surface area contributed by atoms with Gasteiger partial charge in [-0.05, 0) is 11.8 Å². The van der Waals surface area contributed by atoms with E-state index in [1.54, 1.807) is 0 Å². The molecule has 0 rings (SSSR count). The van der Waals surface area contributed by atoms with Gasteiger partial charge >= 0.3 is 0 Å². The van der Waals surface area contributed by atoms with Crippen LogP contribution in [0.1, 0.15) is 34.1 Å². The molecule has 4 N–H and O–H groups in total. The zero-order valence-electron chi connectivity index (χ0n) is 12.0. The lowest BCUT2D eigenvalue weighted by Crippen LogP contribution is -2.47. The fraction of sp³-hybridized carbons (Fsp3) is 0.923. The molecule has 0 aromatic carbocycles. The number of hydrogen-bond donors (Lipinski definition) is 3. The van der Waals surface area contributed by atoms with Crippen molar-refractivity contribution in [3.8, 4) is 0 Å². The molecule has 0 heterocycles. The van der Waals surface area contributed by atoms with E-state index in [0.717, 1.165) is 6.42 Å². The van der Waals surface area contributed by atoms with Crippen molar-refractivity contribution in [2.75, 3.05) is 19.8 Å². The SMILES string of the molecule is CCC(C)C(N)C(=O)NCC(O)COCC(C)C. The Bertz CT molecular complexity index is 234. The van der Waals surface area contributed by atoms with Crippen molar-refractivity contribution in [1.29, 1.82) is 0 Å². The molecule has 0 fully saturated rings. The maximum absolute atomic E-state index is 11.6. The molecule has 0 radical (unpaired) electrons. The standard InChI is InChI=1S/C13H28N2O3/c1-5-10(4)12(14)13(17)15-6-11(16)8-18-7-9(2)3/h9-12,16H,5-8,14H2,1-4H3,(H,15,17). The Hall–Kier alpha value is -0.650.